The lowest BCUT2D eigenvalue weighted by Crippen LogP contribution is -2.20. The first-order valence-corrected chi connectivity index (χ1v) is 6.85. The number of hydrogen-bond acceptors (Lipinski definition) is 2. The number of hydrogen-bond donors (Lipinski definition) is 1. The molecular formula is C11H23NS. The molecule has 2 heteroatoms. The lowest BCUT2D eigenvalue weighted by Gasteiger charge is -2.02. The Hall–Kier alpha value is 0.310. The fourth-order valence-electron chi connectivity index (χ4n) is 1.79. The molecule has 2 unspecified atom stereocenters. The second kappa shape index (κ2) is 6.72. The van der Waals surface area contributed by atoms with Gasteiger partial charge >= 0.3 is 0 Å². The molecule has 78 valence electrons. The van der Waals surface area contributed by atoms with E-state index in [0.29, 0.717) is 0 Å². The highest BCUT2D eigenvalue weighted by Crippen LogP contribution is 2.34. The van der Waals surface area contributed by atoms with Crippen molar-refractivity contribution < 1.29 is 0 Å². The Balaban J connectivity index is 1.80. The smallest absolute Gasteiger partial charge is 0.00991 e. The molecule has 0 radical (unpaired) electrons. The van der Waals surface area contributed by atoms with Crippen LogP contribution in [0.15, 0.2) is 0 Å². The highest BCUT2D eigenvalue weighted by Gasteiger charge is 2.34. The molecule has 1 aliphatic rings. The van der Waals surface area contributed by atoms with Gasteiger partial charge in [-0.2, -0.15) is 11.8 Å². The third kappa shape index (κ3) is 4.92. The second-order valence-corrected chi connectivity index (χ2v) is 5.29. The molecule has 1 saturated carbocycles. The van der Waals surface area contributed by atoms with Gasteiger partial charge in [0, 0.05) is 6.04 Å². The first-order valence-electron chi connectivity index (χ1n) is 5.69. The average Bonchev–Trinajstić information content (AvgIpc) is 2.84. The Morgan fingerprint density at radius 1 is 1.38 bits per heavy atom. The molecule has 0 spiro atoms. The van der Waals surface area contributed by atoms with Crippen molar-refractivity contribution in [3.8, 4) is 0 Å². The van der Waals surface area contributed by atoms with E-state index >= 15 is 0 Å². The summed E-state index contributed by atoms with van der Waals surface area (Å²) in [6.45, 7) is 5.75. The zero-order valence-electron chi connectivity index (χ0n) is 9.01. The van der Waals surface area contributed by atoms with Crippen molar-refractivity contribution in [3.05, 3.63) is 0 Å². The van der Waals surface area contributed by atoms with Crippen LogP contribution in [0.5, 0.6) is 0 Å². The van der Waals surface area contributed by atoms with Crippen molar-refractivity contribution in [2.24, 2.45) is 5.92 Å². The molecule has 0 aromatic carbocycles. The first kappa shape index (κ1) is 11.4. The summed E-state index contributed by atoms with van der Waals surface area (Å²) < 4.78 is 0. The van der Waals surface area contributed by atoms with Crippen molar-refractivity contribution in [1.82, 2.24) is 5.32 Å². The summed E-state index contributed by atoms with van der Waals surface area (Å²) in [6.07, 6.45) is 5.57. The van der Waals surface area contributed by atoms with Gasteiger partial charge in [0.2, 0.25) is 0 Å². The van der Waals surface area contributed by atoms with E-state index in [1.54, 1.807) is 0 Å². The molecule has 1 nitrogen and oxygen atoms in total. The van der Waals surface area contributed by atoms with Crippen LogP contribution in [0, 0.1) is 5.92 Å². The minimum absolute atomic E-state index is 0.881. The lowest BCUT2D eigenvalue weighted by atomic mass is 10.2. The van der Waals surface area contributed by atoms with E-state index in [1.165, 1.54) is 43.7 Å². The molecule has 0 heterocycles. The summed E-state index contributed by atoms with van der Waals surface area (Å²) in [6, 6.07) is 0.881. The van der Waals surface area contributed by atoms with Crippen LogP contribution in [0.25, 0.3) is 0 Å². The Morgan fingerprint density at radius 2 is 2.23 bits per heavy atom. The van der Waals surface area contributed by atoms with Gasteiger partial charge < -0.3 is 5.32 Å². The second-order valence-electron chi connectivity index (χ2n) is 3.90. The minimum atomic E-state index is 0.881. The Bertz CT molecular complexity index is 127. The normalized spacial score (nSPS) is 26.3. The maximum Gasteiger partial charge on any atom is 0.00991 e. The van der Waals surface area contributed by atoms with Crippen molar-refractivity contribution in [2.75, 3.05) is 18.1 Å². The van der Waals surface area contributed by atoms with Crippen molar-refractivity contribution in [1.29, 1.82) is 0 Å². The molecule has 0 saturated heterocycles. The maximum atomic E-state index is 3.64. The third-order valence-corrected chi connectivity index (χ3v) is 3.64. The lowest BCUT2D eigenvalue weighted by molar-refractivity contribution is 0.597. The van der Waals surface area contributed by atoms with E-state index in [-0.39, 0.29) is 0 Å². The summed E-state index contributed by atoms with van der Waals surface area (Å²) in [7, 11) is 0. The summed E-state index contributed by atoms with van der Waals surface area (Å²) >= 11 is 2.05. The van der Waals surface area contributed by atoms with Gasteiger partial charge in [0.1, 0.15) is 0 Å². The number of thioether (sulfide) groups is 1. The molecular weight excluding hydrogens is 178 g/mol. The summed E-state index contributed by atoms with van der Waals surface area (Å²) in [5.74, 6) is 3.61. The molecule has 0 bridgehead atoms. The van der Waals surface area contributed by atoms with E-state index in [0.717, 1.165) is 12.0 Å². The largest absolute Gasteiger partial charge is 0.314 e. The fraction of sp³-hybridized carbons (Fsp3) is 1.00. The van der Waals surface area contributed by atoms with Gasteiger partial charge in [-0.3, -0.25) is 0 Å². The molecule has 13 heavy (non-hydrogen) atoms. The highest BCUT2D eigenvalue weighted by molar-refractivity contribution is 7.99. The molecule has 1 rings (SSSR count). The molecule has 0 amide bonds. The topological polar surface area (TPSA) is 12.0 Å². The SMILES string of the molecule is CCCC1CC1NCCCSCC. The van der Waals surface area contributed by atoms with Gasteiger partial charge in [0.05, 0.1) is 0 Å². The quantitative estimate of drug-likeness (QED) is 0.606. The van der Waals surface area contributed by atoms with Crippen molar-refractivity contribution in [2.45, 2.75) is 45.6 Å². The van der Waals surface area contributed by atoms with Gasteiger partial charge in [0.25, 0.3) is 0 Å². The van der Waals surface area contributed by atoms with Crippen LogP contribution in [0.1, 0.15) is 39.5 Å². The zero-order valence-corrected chi connectivity index (χ0v) is 9.83. The standard InChI is InChI=1S/C11H23NS/c1-3-6-10-9-11(10)12-7-5-8-13-4-2/h10-12H,3-9H2,1-2H3. The average molecular weight is 201 g/mol. The summed E-state index contributed by atoms with van der Waals surface area (Å²) in [5.41, 5.74) is 0. The zero-order chi connectivity index (χ0) is 9.52. The van der Waals surface area contributed by atoms with E-state index in [4.69, 9.17) is 0 Å². The molecule has 1 fully saturated rings. The van der Waals surface area contributed by atoms with Crippen LogP contribution in [-0.4, -0.2) is 24.1 Å². The van der Waals surface area contributed by atoms with Gasteiger partial charge in [0.15, 0.2) is 0 Å². The number of rotatable bonds is 8. The van der Waals surface area contributed by atoms with Crippen LogP contribution >= 0.6 is 11.8 Å². The predicted molar refractivity (Wildman–Crippen MR) is 62.4 cm³/mol. The highest BCUT2D eigenvalue weighted by atomic mass is 32.2. The molecule has 0 aliphatic heterocycles. The van der Waals surface area contributed by atoms with Gasteiger partial charge in [-0.05, 0) is 43.2 Å². The Labute approximate surface area is 87.1 Å². The van der Waals surface area contributed by atoms with Gasteiger partial charge in [-0.15, -0.1) is 0 Å². The fourth-order valence-corrected chi connectivity index (χ4v) is 2.43. The Kier molecular flexibility index (Phi) is 5.88. The predicted octanol–water partition coefficient (Wildman–Crippen LogP) is 2.91. The molecule has 1 aliphatic carbocycles. The van der Waals surface area contributed by atoms with Crippen LogP contribution in [0.3, 0.4) is 0 Å². The maximum absolute atomic E-state index is 3.64. The van der Waals surface area contributed by atoms with E-state index in [1.807, 2.05) is 0 Å². The van der Waals surface area contributed by atoms with Gasteiger partial charge in [-0.1, -0.05) is 20.3 Å². The first-order chi connectivity index (χ1) is 6.38. The number of nitrogens with one attached hydrogen (secondary N) is 1. The van der Waals surface area contributed by atoms with Gasteiger partial charge in [-0.25, -0.2) is 0 Å². The molecule has 1 N–H and O–H groups in total. The summed E-state index contributed by atoms with van der Waals surface area (Å²) in [4.78, 5) is 0. The van der Waals surface area contributed by atoms with E-state index in [2.05, 4.69) is 30.9 Å². The summed E-state index contributed by atoms with van der Waals surface area (Å²) in [5, 5.41) is 3.64. The van der Waals surface area contributed by atoms with Crippen molar-refractivity contribution in [3.63, 3.8) is 0 Å². The molecule has 2 atom stereocenters. The Morgan fingerprint density at radius 3 is 2.92 bits per heavy atom. The third-order valence-electron chi connectivity index (χ3n) is 2.66. The monoisotopic (exact) mass is 201 g/mol. The minimum Gasteiger partial charge on any atom is -0.314 e. The van der Waals surface area contributed by atoms with E-state index < -0.39 is 0 Å². The van der Waals surface area contributed by atoms with Crippen LogP contribution in [-0.2, 0) is 0 Å². The van der Waals surface area contributed by atoms with Crippen molar-refractivity contribution >= 4 is 11.8 Å². The van der Waals surface area contributed by atoms with Crippen LogP contribution in [0.2, 0.25) is 0 Å². The molecule has 0 aromatic heterocycles. The van der Waals surface area contributed by atoms with E-state index in [9.17, 15) is 0 Å². The van der Waals surface area contributed by atoms with Crippen LogP contribution in [0.4, 0.5) is 0 Å². The van der Waals surface area contributed by atoms with Crippen LogP contribution < -0.4 is 5.32 Å². The molecule has 0 aromatic rings.